The summed E-state index contributed by atoms with van der Waals surface area (Å²) in [5.74, 6) is -0.972. The van der Waals surface area contributed by atoms with Gasteiger partial charge in [-0.3, -0.25) is 4.79 Å². The topological polar surface area (TPSA) is 88.1 Å². The summed E-state index contributed by atoms with van der Waals surface area (Å²) in [6.07, 6.45) is 2.87. The second-order valence-corrected chi connectivity index (χ2v) is 5.93. The van der Waals surface area contributed by atoms with Gasteiger partial charge in [0.2, 0.25) is 0 Å². The van der Waals surface area contributed by atoms with Crippen molar-refractivity contribution in [1.82, 2.24) is 10.2 Å². The molecule has 2 rings (SSSR count). The molecule has 126 valence electrons. The van der Waals surface area contributed by atoms with E-state index in [9.17, 15) is 9.59 Å². The van der Waals surface area contributed by atoms with Crippen LogP contribution in [0.1, 0.15) is 32.6 Å². The van der Waals surface area contributed by atoms with Gasteiger partial charge in [-0.1, -0.05) is 0 Å². The van der Waals surface area contributed by atoms with Gasteiger partial charge in [0.05, 0.1) is 38.3 Å². The van der Waals surface area contributed by atoms with Crippen molar-refractivity contribution in [2.24, 2.45) is 5.92 Å². The number of carbonyl (C=O) groups is 2. The summed E-state index contributed by atoms with van der Waals surface area (Å²) >= 11 is 0. The Hall–Kier alpha value is -1.34. The van der Waals surface area contributed by atoms with Crippen LogP contribution in [-0.2, 0) is 14.3 Å². The number of urea groups is 1. The lowest BCUT2D eigenvalue weighted by Crippen LogP contribution is -2.59. The van der Waals surface area contributed by atoms with Gasteiger partial charge in [0.1, 0.15) is 0 Å². The first-order chi connectivity index (χ1) is 10.6. The summed E-state index contributed by atoms with van der Waals surface area (Å²) in [5.41, 5.74) is 0. The lowest BCUT2D eigenvalue weighted by molar-refractivity contribution is -0.142. The summed E-state index contributed by atoms with van der Waals surface area (Å²) in [4.78, 5) is 24.7. The highest BCUT2D eigenvalue weighted by Gasteiger charge is 2.33. The summed E-state index contributed by atoms with van der Waals surface area (Å²) in [6, 6.07) is 0.0319. The molecule has 2 fully saturated rings. The zero-order valence-electron chi connectivity index (χ0n) is 13.1. The summed E-state index contributed by atoms with van der Waals surface area (Å²) in [7, 11) is 0. The van der Waals surface area contributed by atoms with Crippen LogP contribution in [0, 0.1) is 5.92 Å². The monoisotopic (exact) mass is 314 g/mol. The van der Waals surface area contributed by atoms with Crippen LogP contribution in [0.4, 0.5) is 4.79 Å². The second kappa shape index (κ2) is 8.33. The van der Waals surface area contributed by atoms with Gasteiger partial charge in [-0.05, 0) is 32.6 Å². The third-order valence-corrected chi connectivity index (χ3v) is 4.32. The highest BCUT2D eigenvalue weighted by atomic mass is 16.5. The molecule has 0 spiro atoms. The standard InChI is InChI=1S/C15H26N2O5/c1-2-21-7-8-22-13-9-17(10-13)15(20)16-12-5-3-11(4-6-12)14(18)19/h11-13H,2-10H2,1H3,(H,16,20)(H,18,19). The van der Waals surface area contributed by atoms with E-state index in [-0.39, 0.29) is 24.1 Å². The molecule has 1 saturated heterocycles. The van der Waals surface area contributed by atoms with E-state index in [4.69, 9.17) is 14.6 Å². The van der Waals surface area contributed by atoms with Gasteiger partial charge in [-0.15, -0.1) is 0 Å². The molecular formula is C15H26N2O5. The van der Waals surface area contributed by atoms with Crippen molar-refractivity contribution in [3.63, 3.8) is 0 Å². The number of rotatable bonds is 7. The van der Waals surface area contributed by atoms with E-state index in [1.54, 1.807) is 4.90 Å². The fourth-order valence-corrected chi connectivity index (χ4v) is 2.88. The van der Waals surface area contributed by atoms with Crippen molar-refractivity contribution in [2.45, 2.75) is 44.8 Å². The largest absolute Gasteiger partial charge is 0.481 e. The van der Waals surface area contributed by atoms with Crippen LogP contribution in [0.15, 0.2) is 0 Å². The van der Waals surface area contributed by atoms with E-state index in [1.807, 2.05) is 6.92 Å². The molecule has 1 aliphatic heterocycles. The first-order valence-electron chi connectivity index (χ1n) is 8.07. The molecular weight excluding hydrogens is 288 g/mol. The summed E-state index contributed by atoms with van der Waals surface area (Å²) in [6.45, 7) is 5.01. The maximum absolute atomic E-state index is 12.0. The third kappa shape index (κ3) is 4.84. The van der Waals surface area contributed by atoms with Gasteiger partial charge in [0.15, 0.2) is 0 Å². The van der Waals surface area contributed by atoms with Crippen LogP contribution >= 0.6 is 0 Å². The minimum Gasteiger partial charge on any atom is -0.481 e. The fraction of sp³-hybridized carbons (Fsp3) is 0.867. The third-order valence-electron chi connectivity index (χ3n) is 4.32. The second-order valence-electron chi connectivity index (χ2n) is 5.93. The van der Waals surface area contributed by atoms with E-state index < -0.39 is 5.97 Å². The molecule has 1 saturated carbocycles. The molecule has 0 unspecified atom stereocenters. The molecule has 2 amide bonds. The minimum absolute atomic E-state index is 0.0663. The van der Waals surface area contributed by atoms with Gasteiger partial charge in [-0.25, -0.2) is 4.79 Å². The van der Waals surface area contributed by atoms with E-state index in [2.05, 4.69) is 5.32 Å². The van der Waals surface area contributed by atoms with Crippen LogP contribution in [0.3, 0.4) is 0 Å². The van der Waals surface area contributed by atoms with Crippen LogP contribution in [-0.4, -0.2) is 67.1 Å². The molecule has 2 N–H and O–H groups in total. The highest BCUT2D eigenvalue weighted by molar-refractivity contribution is 5.75. The molecule has 2 aliphatic rings. The number of carboxylic acids is 1. The predicted octanol–water partition coefficient (Wildman–Crippen LogP) is 1.08. The molecule has 0 aromatic rings. The zero-order chi connectivity index (χ0) is 15.9. The number of aliphatic carboxylic acids is 1. The number of carbonyl (C=O) groups excluding carboxylic acids is 1. The quantitative estimate of drug-likeness (QED) is 0.687. The number of ether oxygens (including phenoxy) is 2. The molecule has 1 aliphatic carbocycles. The first-order valence-corrected chi connectivity index (χ1v) is 8.07. The van der Waals surface area contributed by atoms with Crippen LogP contribution in [0.5, 0.6) is 0 Å². The summed E-state index contributed by atoms with van der Waals surface area (Å²) in [5, 5.41) is 11.9. The average Bonchev–Trinajstić information content (AvgIpc) is 2.45. The van der Waals surface area contributed by atoms with Crippen LogP contribution in [0.2, 0.25) is 0 Å². The number of amides is 2. The van der Waals surface area contributed by atoms with E-state index >= 15 is 0 Å². The lowest BCUT2D eigenvalue weighted by atomic mass is 9.86. The Morgan fingerprint density at radius 3 is 2.45 bits per heavy atom. The van der Waals surface area contributed by atoms with Gasteiger partial charge in [0.25, 0.3) is 0 Å². The number of nitrogens with one attached hydrogen (secondary N) is 1. The van der Waals surface area contributed by atoms with Crippen molar-refractivity contribution >= 4 is 12.0 Å². The van der Waals surface area contributed by atoms with E-state index in [0.29, 0.717) is 45.8 Å². The first kappa shape index (κ1) is 17.0. The lowest BCUT2D eigenvalue weighted by Gasteiger charge is -2.40. The Labute approximate surface area is 130 Å². The van der Waals surface area contributed by atoms with Crippen molar-refractivity contribution in [2.75, 3.05) is 32.9 Å². The molecule has 0 atom stereocenters. The molecule has 0 bridgehead atoms. The molecule has 0 aromatic carbocycles. The number of hydrogen-bond acceptors (Lipinski definition) is 4. The number of carboxylic acid groups (broad SMARTS) is 1. The van der Waals surface area contributed by atoms with Gasteiger partial charge in [0, 0.05) is 12.6 Å². The Bertz CT molecular complexity index is 376. The SMILES string of the molecule is CCOCCOC1CN(C(=O)NC2CCC(C(=O)O)CC2)C1. The number of hydrogen-bond donors (Lipinski definition) is 2. The Balaban J connectivity index is 1.57. The van der Waals surface area contributed by atoms with Crippen molar-refractivity contribution < 1.29 is 24.2 Å². The smallest absolute Gasteiger partial charge is 0.317 e. The maximum Gasteiger partial charge on any atom is 0.317 e. The zero-order valence-corrected chi connectivity index (χ0v) is 13.1. The highest BCUT2D eigenvalue weighted by Crippen LogP contribution is 2.24. The molecule has 7 heteroatoms. The molecule has 0 radical (unpaired) electrons. The Morgan fingerprint density at radius 2 is 1.86 bits per heavy atom. The summed E-state index contributed by atoms with van der Waals surface area (Å²) < 4.78 is 10.8. The van der Waals surface area contributed by atoms with Crippen LogP contribution < -0.4 is 5.32 Å². The molecule has 22 heavy (non-hydrogen) atoms. The predicted molar refractivity (Wildman–Crippen MR) is 79.7 cm³/mol. The van der Waals surface area contributed by atoms with Gasteiger partial charge < -0.3 is 24.8 Å². The fourth-order valence-electron chi connectivity index (χ4n) is 2.88. The van der Waals surface area contributed by atoms with Crippen molar-refractivity contribution in [3.8, 4) is 0 Å². The molecule has 7 nitrogen and oxygen atoms in total. The number of nitrogens with zero attached hydrogens (tertiary/aromatic N) is 1. The van der Waals surface area contributed by atoms with E-state index in [1.165, 1.54) is 0 Å². The van der Waals surface area contributed by atoms with Crippen LogP contribution in [0.25, 0.3) is 0 Å². The average molecular weight is 314 g/mol. The number of likely N-dealkylation sites (tertiary alicyclic amines) is 1. The Kier molecular flexibility index (Phi) is 6.45. The minimum atomic E-state index is -0.723. The molecule has 1 heterocycles. The van der Waals surface area contributed by atoms with E-state index in [0.717, 1.165) is 12.8 Å². The molecule has 0 aromatic heterocycles. The van der Waals surface area contributed by atoms with Gasteiger partial charge in [-0.2, -0.15) is 0 Å². The van der Waals surface area contributed by atoms with Gasteiger partial charge >= 0.3 is 12.0 Å². The van der Waals surface area contributed by atoms with Crippen molar-refractivity contribution in [1.29, 1.82) is 0 Å². The normalized spacial score (nSPS) is 25.6. The maximum atomic E-state index is 12.0. The Morgan fingerprint density at radius 1 is 1.18 bits per heavy atom. The van der Waals surface area contributed by atoms with Crippen molar-refractivity contribution in [3.05, 3.63) is 0 Å².